The van der Waals surface area contributed by atoms with Crippen molar-refractivity contribution in [2.75, 3.05) is 11.9 Å². The standard InChI is InChI=1S/C11H15F2N3O2/c1-2-3-7(6-14)15-11-9(12)4-8(16(17)18)5-10(11)13/h4-5,7,15H,2-3,6,14H2,1H3. The van der Waals surface area contributed by atoms with Crippen LogP contribution in [0.5, 0.6) is 0 Å². The lowest BCUT2D eigenvalue weighted by atomic mass is 10.1. The Kier molecular flexibility index (Phi) is 4.96. The molecule has 1 rings (SSSR count). The number of nitro benzene ring substituents is 1. The number of nitrogens with two attached hydrogens (primary N) is 1. The second-order valence-corrected chi connectivity index (χ2v) is 3.91. The number of hydrogen-bond donors (Lipinski definition) is 2. The van der Waals surface area contributed by atoms with Crippen molar-refractivity contribution in [3.63, 3.8) is 0 Å². The minimum atomic E-state index is -0.990. The van der Waals surface area contributed by atoms with E-state index in [1.807, 2.05) is 6.92 Å². The van der Waals surface area contributed by atoms with E-state index < -0.39 is 22.2 Å². The van der Waals surface area contributed by atoms with Crippen molar-refractivity contribution in [3.8, 4) is 0 Å². The minimum Gasteiger partial charge on any atom is -0.376 e. The summed E-state index contributed by atoms with van der Waals surface area (Å²) in [4.78, 5) is 9.58. The summed E-state index contributed by atoms with van der Waals surface area (Å²) in [6.45, 7) is 2.15. The van der Waals surface area contributed by atoms with Crippen LogP contribution in [0, 0.1) is 21.7 Å². The Morgan fingerprint density at radius 3 is 2.39 bits per heavy atom. The number of halogens is 2. The van der Waals surface area contributed by atoms with E-state index in [2.05, 4.69) is 5.32 Å². The Bertz CT molecular complexity index is 417. The lowest BCUT2D eigenvalue weighted by Gasteiger charge is -2.18. The Hall–Kier alpha value is -1.76. The molecule has 1 atom stereocenters. The number of non-ortho nitro benzene ring substituents is 1. The van der Waals surface area contributed by atoms with Gasteiger partial charge < -0.3 is 11.1 Å². The fraction of sp³-hybridized carbons (Fsp3) is 0.455. The van der Waals surface area contributed by atoms with E-state index in [-0.39, 0.29) is 18.3 Å². The van der Waals surface area contributed by atoms with Crippen molar-refractivity contribution in [2.24, 2.45) is 5.73 Å². The van der Waals surface area contributed by atoms with Crippen molar-refractivity contribution in [3.05, 3.63) is 33.9 Å². The first kappa shape index (κ1) is 14.3. The summed E-state index contributed by atoms with van der Waals surface area (Å²) in [5.41, 5.74) is 4.48. The average Bonchev–Trinajstić information content (AvgIpc) is 2.31. The summed E-state index contributed by atoms with van der Waals surface area (Å²) < 4.78 is 27.1. The highest BCUT2D eigenvalue weighted by molar-refractivity contribution is 5.52. The number of hydrogen-bond acceptors (Lipinski definition) is 4. The fourth-order valence-electron chi connectivity index (χ4n) is 1.60. The normalized spacial score (nSPS) is 12.2. The number of nitrogens with zero attached hydrogens (tertiary/aromatic N) is 1. The van der Waals surface area contributed by atoms with Crippen LogP contribution in [0.25, 0.3) is 0 Å². The molecule has 0 aliphatic carbocycles. The predicted molar refractivity (Wildman–Crippen MR) is 64.4 cm³/mol. The monoisotopic (exact) mass is 259 g/mol. The third-order valence-corrected chi connectivity index (χ3v) is 2.51. The van der Waals surface area contributed by atoms with Crippen LogP contribution in [-0.2, 0) is 0 Å². The highest BCUT2D eigenvalue weighted by atomic mass is 19.1. The van der Waals surface area contributed by atoms with E-state index in [0.29, 0.717) is 18.6 Å². The Morgan fingerprint density at radius 1 is 1.44 bits per heavy atom. The van der Waals surface area contributed by atoms with Crippen LogP contribution in [-0.4, -0.2) is 17.5 Å². The van der Waals surface area contributed by atoms with E-state index in [0.717, 1.165) is 6.42 Å². The largest absolute Gasteiger partial charge is 0.376 e. The van der Waals surface area contributed by atoms with Crippen molar-refractivity contribution in [1.82, 2.24) is 0 Å². The minimum absolute atomic E-state index is 0.226. The number of anilines is 1. The molecular formula is C11H15F2N3O2. The summed E-state index contributed by atoms with van der Waals surface area (Å²) in [6.07, 6.45) is 1.47. The van der Waals surface area contributed by atoms with Gasteiger partial charge in [-0.05, 0) is 6.42 Å². The van der Waals surface area contributed by atoms with E-state index in [1.54, 1.807) is 0 Å². The van der Waals surface area contributed by atoms with Crippen LogP contribution in [0.1, 0.15) is 19.8 Å². The molecule has 0 aliphatic rings. The lowest BCUT2D eigenvalue weighted by Crippen LogP contribution is -2.29. The molecule has 0 saturated heterocycles. The molecule has 0 spiro atoms. The van der Waals surface area contributed by atoms with Crippen molar-refractivity contribution < 1.29 is 13.7 Å². The second kappa shape index (κ2) is 6.25. The van der Waals surface area contributed by atoms with E-state index in [9.17, 15) is 18.9 Å². The van der Waals surface area contributed by atoms with Gasteiger partial charge in [0.05, 0.1) is 17.1 Å². The molecule has 0 saturated carbocycles. The van der Waals surface area contributed by atoms with Gasteiger partial charge in [-0.3, -0.25) is 10.1 Å². The molecule has 0 fully saturated rings. The van der Waals surface area contributed by atoms with E-state index in [4.69, 9.17) is 5.73 Å². The lowest BCUT2D eigenvalue weighted by molar-refractivity contribution is -0.385. The molecule has 0 heterocycles. The maximum atomic E-state index is 13.6. The Morgan fingerprint density at radius 2 is 2.00 bits per heavy atom. The van der Waals surface area contributed by atoms with Crippen molar-refractivity contribution >= 4 is 11.4 Å². The molecule has 100 valence electrons. The molecule has 3 N–H and O–H groups in total. The first-order valence-corrected chi connectivity index (χ1v) is 5.59. The van der Waals surface area contributed by atoms with Crippen LogP contribution in [0.3, 0.4) is 0 Å². The number of rotatable bonds is 6. The quantitative estimate of drug-likeness (QED) is 0.607. The second-order valence-electron chi connectivity index (χ2n) is 3.91. The van der Waals surface area contributed by atoms with Gasteiger partial charge in [0.15, 0.2) is 11.6 Å². The third-order valence-electron chi connectivity index (χ3n) is 2.51. The molecule has 0 radical (unpaired) electrons. The van der Waals surface area contributed by atoms with Gasteiger partial charge in [0, 0.05) is 12.6 Å². The van der Waals surface area contributed by atoms with Crippen molar-refractivity contribution in [2.45, 2.75) is 25.8 Å². The summed E-state index contributed by atoms with van der Waals surface area (Å²) in [6, 6.07) is 1.11. The molecule has 0 amide bonds. The van der Waals surface area contributed by atoms with Crippen LogP contribution >= 0.6 is 0 Å². The van der Waals surface area contributed by atoms with Gasteiger partial charge in [-0.25, -0.2) is 8.78 Å². The zero-order valence-electron chi connectivity index (χ0n) is 9.95. The fourth-order valence-corrected chi connectivity index (χ4v) is 1.60. The first-order valence-electron chi connectivity index (χ1n) is 5.59. The van der Waals surface area contributed by atoms with Gasteiger partial charge in [0.25, 0.3) is 5.69 Å². The predicted octanol–water partition coefficient (Wildman–Crippen LogP) is 2.41. The zero-order chi connectivity index (χ0) is 13.7. The van der Waals surface area contributed by atoms with Gasteiger partial charge in [-0.15, -0.1) is 0 Å². The molecule has 18 heavy (non-hydrogen) atoms. The van der Waals surface area contributed by atoms with Crippen LogP contribution in [0.2, 0.25) is 0 Å². The maximum Gasteiger partial charge on any atom is 0.275 e. The van der Waals surface area contributed by atoms with E-state index in [1.165, 1.54) is 0 Å². The smallest absolute Gasteiger partial charge is 0.275 e. The summed E-state index contributed by atoms with van der Waals surface area (Å²) in [7, 11) is 0. The van der Waals surface area contributed by atoms with Gasteiger partial charge in [-0.1, -0.05) is 13.3 Å². The topological polar surface area (TPSA) is 81.2 Å². The molecule has 1 aromatic rings. The molecular weight excluding hydrogens is 244 g/mol. The molecule has 0 aromatic heterocycles. The highest BCUT2D eigenvalue weighted by Gasteiger charge is 2.18. The van der Waals surface area contributed by atoms with Crippen molar-refractivity contribution in [1.29, 1.82) is 0 Å². The Balaban J connectivity index is 2.99. The van der Waals surface area contributed by atoms with Crippen LogP contribution < -0.4 is 11.1 Å². The molecule has 5 nitrogen and oxygen atoms in total. The van der Waals surface area contributed by atoms with Gasteiger partial charge in [-0.2, -0.15) is 0 Å². The highest BCUT2D eigenvalue weighted by Crippen LogP contribution is 2.25. The molecule has 0 bridgehead atoms. The molecule has 0 aliphatic heterocycles. The Labute approximate surface area is 103 Å². The molecule has 1 unspecified atom stereocenters. The maximum absolute atomic E-state index is 13.6. The van der Waals surface area contributed by atoms with Crippen LogP contribution in [0.15, 0.2) is 12.1 Å². The number of nitrogens with one attached hydrogen (secondary N) is 1. The van der Waals surface area contributed by atoms with E-state index >= 15 is 0 Å². The first-order chi connectivity index (χ1) is 8.49. The average molecular weight is 259 g/mol. The van der Waals surface area contributed by atoms with Gasteiger partial charge in [0.2, 0.25) is 0 Å². The number of benzene rings is 1. The van der Waals surface area contributed by atoms with Crippen LogP contribution in [0.4, 0.5) is 20.2 Å². The van der Waals surface area contributed by atoms with Gasteiger partial charge in [0.1, 0.15) is 5.69 Å². The summed E-state index contributed by atoms with van der Waals surface area (Å²) >= 11 is 0. The third kappa shape index (κ3) is 3.36. The summed E-state index contributed by atoms with van der Waals surface area (Å²) in [5, 5.41) is 13.1. The zero-order valence-corrected chi connectivity index (χ0v) is 9.95. The molecule has 7 heteroatoms. The summed E-state index contributed by atoms with van der Waals surface area (Å²) in [5.74, 6) is -1.98. The van der Waals surface area contributed by atoms with Gasteiger partial charge >= 0.3 is 0 Å². The molecule has 1 aromatic carbocycles. The SMILES string of the molecule is CCCC(CN)Nc1c(F)cc([N+](=O)[O-])cc1F. The number of nitro groups is 1.